The number of hydrogen-bond donors (Lipinski definition) is 2. The maximum absolute atomic E-state index is 4.46. The van der Waals surface area contributed by atoms with Gasteiger partial charge >= 0.3 is 0 Å². The number of fused-ring (bicyclic) bond motifs is 1. The Morgan fingerprint density at radius 1 is 1.15 bits per heavy atom. The van der Waals surface area contributed by atoms with E-state index in [-0.39, 0.29) is 0 Å². The summed E-state index contributed by atoms with van der Waals surface area (Å²) in [5.41, 5.74) is 6.75. The van der Waals surface area contributed by atoms with Gasteiger partial charge in [0.25, 0.3) is 0 Å². The molecule has 0 saturated carbocycles. The van der Waals surface area contributed by atoms with Crippen molar-refractivity contribution < 1.29 is 0 Å². The fourth-order valence-corrected chi connectivity index (χ4v) is 2.49. The van der Waals surface area contributed by atoms with Crippen LogP contribution in [0.5, 0.6) is 0 Å². The Labute approximate surface area is 118 Å². The molecule has 2 aromatic heterocycles. The molecule has 0 saturated heterocycles. The predicted octanol–water partition coefficient (Wildman–Crippen LogP) is 3.50. The third kappa shape index (κ3) is 2.13. The van der Waals surface area contributed by atoms with Crippen LogP contribution in [0.25, 0.3) is 10.9 Å². The van der Waals surface area contributed by atoms with Crippen LogP contribution in [0.3, 0.4) is 0 Å². The Bertz CT molecular complexity index is 739. The van der Waals surface area contributed by atoms with Crippen LogP contribution in [-0.4, -0.2) is 15.2 Å². The number of aromatic amines is 1. The average Bonchev–Trinajstić information content (AvgIpc) is 2.78. The van der Waals surface area contributed by atoms with Crippen LogP contribution in [0.2, 0.25) is 0 Å². The van der Waals surface area contributed by atoms with Gasteiger partial charge in [-0.1, -0.05) is 6.07 Å². The van der Waals surface area contributed by atoms with Gasteiger partial charge in [-0.25, -0.2) is 0 Å². The normalized spacial score (nSPS) is 10.9. The molecular formula is C16H18N4. The molecule has 4 nitrogen and oxygen atoms in total. The maximum Gasteiger partial charge on any atom is 0.0751 e. The van der Waals surface area contributed by atoms with Gasteiger partial charge in [0, 0.05) is 35.1 Å². The molecule has 0 atom stereocenters. The van der Waals surface area contributed by atoms with E-state index in [1.807, 2.05) is 26.1 Å². The van der Waals surface area contributed by atoms with E-state index in [4.69, 9.17) is 0 Å². The summed E-state index contributed by atoms with van der Waals surface area (Å²) in [5, 5.41) is 11.9. The van der Waals surface area contributed by atoms with Crippen LogP contribution in [-0.2, 0) is 6.54 Å². The molecule has 0 radical (unpaired) electrons. The van der Waals surface area contributed by atoms with Gasteiger partial charge in [0.1, 0.15) is 0 Å². The Morgan fingerprint density at radius 2 is 2.00 bits per heavy atom. The van der Waals surface area contributed by atoms with Gasteiger partial charge in [-0.2, -0.15) is 5.10 Å². The van der Waals surface area contributed by atoms with E-state index in [0.29, 0.717) is 0 Å². The van der Waals surface area contributed by atoms with E-state index in [1.54, 1.807) is 0 Å². The minimum absolute atomic E-state index is 0.765. The van der Waals surface area contributed by atoms with Crippen molar-refractivity contribution in [1.29, 1.82) is 0 Å². The molecule has 0 fully saturated rings. The number of anilines is 1. The lowest BCUT2D eigenvalue weighted by atomic mass is 10.1. The summed E-state index contributed by atoms with van der Waals surface area (Å²) < 4.78 is 0. The highest BCUT2D eigenvalue weighted by Gasteiger charge is 2.08. The molecule has 0 amide bonds. The van der Waals surface area contributed by atoms with Crippen molar-refractivity contribution in [3.63, 3.8) is 0 Å². The molecule has 20 heavy (non-hydrogen) atoms. The van der Waals surface area contributed by atoms with Crippen molar-refractivity contribution in [3.05, 3.63) is 53.0 Å². The Balaban J connectivity index is 1.94. The van der Waals surface area contributed by atoms with Gasteiger partial charge in [-0.05, 0) is 44.5 Å². The van der Waals surface area contributed by atoms with E-state index in [1.165, 1.54) is 11.1 Å². The lowest BCUT2D eigenvalue weighted by Crippen LogP contribution is -2.02. The first kappa shape index (κ1) is 12.7. The van der Waals surface area contributed by atoms with E-state index in [2.05, 4.69) is 45.6 Å². The van der Waals surface area contributed by atoms with Gasteiger partial charge in [0.2, 0.25) is 0 Å². The second-order valence-electron chi connectivity index (χ2n) is 5.10. The summed E-state index contributed by atoms with van der Waals surface area (Å²) >= 11 is 0. The van der Waals surface area contributed by atoms with Crippen LogP contribution < -0.4 is 5.32 Å². The molecule has 0 spiro atoms. The van der Waals surface area contributed by atoms with Crippen LogP contribution in [0, 0.1) is 20.8 Å². The zero-order chi connectivity index (χ0) is 14.1. The van der Waals surface area contributed by atoms with Gasteiger partial charge in [0.05, 0.1) is 11.2 Å². The van der Waals surface area contributed by atoms with E-state index < -0.39 is 0 Å². The Kier molecular flexibility index (Phi) is 3.14. The number of aryl methyl sites for hydroxylation is 3. The van der Waals surface area contributed by atoms with Crippen molar-refractivity contribution >= 4 is 16.6 Å². The Morgan fingerprint density at radius 3 is 2.75 bits per heavy atom. The molecule has 102 valence electrons. The fraction of sp³-hybridized carbons (Fsp3) is 0.250. The molecule has 3 aromatic rings. The molecule has 0 aliphatic carbocycles. The average molecular weight is 266 g/mol. The number of nitrogens with zero attached hydrogens (tertiary/aromatic N) is 2. The smallest absolute Gasteiger partial charge is 0.0751 e. The summed E-state index contributed by atoms with van der Waals surface area (Å²) in [6, 6.07) is 8.30. The molecule has 0 bridgehead atoms. The van der Waals surface area contributed by atoms with Crippen molar-refractivity contribution in [2.24, 2.45) is 0 Å². The van der Waals surface area contributed by atoms with Crippen molar-refractivity contribution in [2.75, 3.05) is 5.32 Å². The monoisotopic (exact) mass is 266 g/mol. The van der Waals surface area contributed by atoms with E-state index in [0.717, 1.165) is 34.5 Å². The van der Waals surface area contributed by atoms with E-state index in [9.17, 15) is 0 Å². The number of H-pyrrole nitrogens is 1. The largest absolute Gasteiger partial charge is 0.380 e. The number of aromatic nitrogens is 3. The molecule has 0 unspecified atom stereocenters. The minimum Gasteiger partial charge on any atom is -0.380 e. The second-order valence-corrected chi connectivity index (χ2v) is 5.10. The summed E-state index contributed by atoms with van der Waals surface area (Å²) in [6.45, 7) is 6.92. The quantitative estimate of drug-likeness (QED) is 0.763. The topological polar surface area (TPSA) is 53.6 Å². The van der Waals surface area contributed by atoms with Crippen LogP contribution in [0.4, 0.5) is 5.69 Å². The highest BCUT2D eigenvalue weighted by atomic mass is 15.1. The summed E-state index contributed by atoms with van der Waals surface area (Å²) in [5.74, 6) is 0. The van der Waals surface area contributed by atoms with Crippen molar-refractivity contribution in [1.82, 2.24) is 15.2 Å². The number of rotatable bonds is 3. The lowest BCUT2D eigenvalue weighted by Gasteiger charge is -2.11. The van der Waals surface area contributed by atoms with Crippen molar-refractivity contribution in [2.45, 2.75) is 27.3 Å². The molecule has 0 aliphatic rings. The van der Waals surface area contributed by atoms with Crippen LogP contribution in [0.1, 0.15) is 22.5 Å². The van der Waals surface area contributed by atoms with Crippen LogP contribution >= 0.6 is 0 Å². The molecular weight excluding hydrogens is 248 g/mol. The third-order valence-electron chi connectivity index (χ3n) is 3.71. The second kappa shape index (κ2) is 4.96. The van der Waals surface area contributed by atoms with Gasteiger partial charge in [0.15, 0.2) is 0 Å². The Hall–Kier alpha value is -2.36. The number of hydrogen-bond acceptors (Lipinski definition) is 3. The number of nitrogens with one attached hydrogen (secondary N) is 2. The van der Waals surface area contributed by atoms with Gasteiger partial charge < -0.3 is 5.32 Å². The SMILES string of the molecule is Cc1n[nH]c(C)c1CNc1ccc(C)c2ncccc12. The van der Waals surface area contributed by atoms with Gasteiger partial charge in [-0.15, -0.1) is 0 Å². The molecule has 0 aliphatic heterocycles. The van der Waals surface area contributed by atoms with Gasteiger partial charge in [-0.3, -0.25) is 10.1 Å². The highest BCUT2D eigenvalue weighted by Crippen LogP contribution is 2.25. The first-order chi connectivity index (χ1) is 9.66. The highest BCUT2D eigenvalue weighted by molar-refractivity contribution is 5.93. The first-order valence-electron chi connectivity index (χ1n) is 6.75. The van der Waals surface area contributed by atoms with Crippen LogP contribution in [0.15, 0.2) is 30.5 Å². The molecule has 1 aromatic carbocycles. The third-order valence-corrected chi connectivity index (χ3v) is 3.71. The predicted molar refractivity (Wildman–Crippen MR) is 81.9 cm³/mol. The molecule has 2 heterocycles. The molecule has 2 N–H and O–H groups in total. The first-order valence-corrected chi connectivity index (χ1v) is 6.75. The zero-order valence-corrected chi connectivity index (χ0v) is 12.0. The molecule has 3 rings (SSSR count). The standard InChI is InChI=1S/C16H18N4/c1-10-6-7-15(13-5-4-8-17-16(10)13)18-9-14-11(2)19-20-12(14)3/h4-8,18H,9H2,1-3H3,(H,19,20). The minimum atomic E-state index is 0.765. The lowest BCUT2D eigenvalue weighted by molar-refractivity contribution is 1.02. The summed E-state index contributed by atoms with van der Waals surface area (Å²) in [6.07, 6.45) is 1.84. The maximum atomic E-state index is 4.46. The van der Waals surface area contributed by atoms with E-state index >= 15 is 0 Å². The zero-order valence-electron chi connectivity index (χ0n) is 12.0. The number of benzene rings is 1. The molecule has 4 heteroatoms. The fourth-order valence-electron chi connectivity index (χ4n) is 2.49. The summed E-state index contributed by atoms with van der Waals surface area (Å²) in [7, 11) is 0. The summed E-state index contributed by atoms with van der Waals surface area (Å²) in [4.78, 5) is 4.46. The van der Waals surface area contributed by atoms with Crippen molar-refractivity contribution in [3.8, 4) is 0 Å². The number of pyridine rings is 1.